The molecule has 3 nitrogen and oxygen atoms in total. The van der Waals surface area contributed by atoms with Crippen LogP contribution in [0, 0.1) is 19.8 Å². The largest absolute Gasteiger partial charge is 0.243 e. The van der Waals surface area contributed by atoms with Gasteiger partial charge >= 0.3 is 0 Å². The van der Waals surface area contributed by atoms with E-state index in [1.54, 1.807) is 10.4 Å². The SMILES string of the molecule is Cc1ccc(S(=O)(=O)N2CCCC2C2CC2)c(C)c1. The zero-order valence-corrected chi connectivity index (χ0v) is 12.4. The molecule has 19 heavy (non-hydrogen) atoms. The smallest absolute Gasteiger partial charge is 0.207 e. The van der Waals surface area contributed by atoms with Gasteiger partial charge in [-0.15, -0.1) is 0 Å². The fourth-order valence-electron chi connectivity index (χ4n) is 3.23. The van der Waals surface area contributed by atoms with E-state index in [9.17, 15) is 8.42 Å². The van der Waals surface area contributed by atoms with Crippen LogP contribution in [0.1, 0.15) is 36.8 Å². The summed E-state index contributed by atoms with van der Waals surface area (Å²) in [4.78, 5) is 0.491. The van der Waals surface area contributed by atoms with Gasteiger partial charge in [-0.3, -0.25) is 0 Å². The first kappa shape index (κ1) is 13.1. The van der Waals surface area contributed by atoms with E-state index < -0.39 is 10.0 Å². The Morgan fingerprint density at radius 3 is 2.53 bits per heavy atom. The highest BCUT2D eigenvalue weighted by molar-refractivity contribution is 7.89. The van der Waals surface area contributed by atoms with E-state index in [0.717, 1.165) is 24.0 Å². The van der Waals surface area contributed by atoms with Gasteiger partial charge in [0.2, 0.25) is 10.0 Å². The van der Waals surface area contributed by atoms with E-state index in [4.69, 9.17) is 0 Å². The molecule has 0 spiro atoms. The summed E-state index contributed by atoms with van der Waals surface area (Å²) in [6.07, 6.45) is 4.44. The quantitative estimate of drug-likeness (QED) is 0.853. The van der Waals surface area contributed by atoms with E-state index in [-0.39, 0.29) is 6.04 Å². The number of sulfonamides is 1. The molecule has 1 atom stereocenters. The second-order valence-electron chi connectivity index (χ2n) is 5.93. The monoisotopic (exact) mass is 279 g/mol. The van der Waals surface area contributed by atoms with Crippen molar-refractivity contribution in [2.75, 3.05) is 6.54 Å². The van der Waals surface area contributed by atoms with Crippen molar-refractivity contribution in [1.82, 2.24) is 4.31 Å². The van der Waals surface area contributed by atoms with Gasteiger partial charge in [0.15, 0.2) is 0 Å². The molecule has 1 aromatic rings. The highest BCUT2D eigenvalue weighted by Crippen LogP contribution is 2.42. The number of nitrogens with zero attached hydrogens (tertiary/aromatic N) is 1. The van der Waals surface area contributed by atoms with Gasteiger partial charge in [0.1, 0.15) is 0 Å². The van der Waals surface area contributed by atoms with E-state index in [1.165, 1.54) is 12.8 Å². The van der Waals surface area contributed by atoms with Crippen LogP contribution in [0.15, 0.2) is 23.1 Å². The first-order valence-corrected chi connectivity index (χ1v) is 8.53. The van der Waals surface area contributed by atoms with Gasteiger partial charge < -0.3 is 0 Å². The minimum Gasteiger partial charge on any atom is -0.207 e. The zero-order chi connectivity index (χ0) is 13.6. The highest BCUT2D eigenvalue weighted by atomic mass is 32.2. The maximum atomic E-state index is 12.8. The molecule has 1 saturated heterocycles. The topological polar surface area (TPSA) is 37.4 Å². The molecule has 1 aliphatic carbocycles. The third-order valence-electron chi connectivity index (χ3n) is 4.33. The lowest BCUT2D eigenvalue weighted by Gasteiger charge is -2.24. The summed E-state index contributed by atoms with van der Waals surface area (Å²) in [7, 11) is -3.31. The van der Waals surface area contributed by atoms with Gasteiger partial charge in [0.05, 0.1) is 4.90 Å². The molecule has 0 radical (unpaired) electrons. The standard InChI is InChI=1S/C15H21NO2S/c1-11-5-8-15(12(2)10-11)19(17,18)16-9-3-4-14(16)13-6-7-13/h5,8,10,13-14H,3-4,6-7,9H2,1-2H3. The van der Waals surface area contributed by atoms with Crippen molar-refractivity contribution in [3.63, 3.8) is 0 Å². The van der Waals surface area contributed by atoms with Crippen LogP contribution in [-0.4, -0.2) is 25.3 Å². The summed E-state index contributed by atoms with van der Waals surface area (Å²) in [5.74, 6) is 0.614. The molecule has 1 heterocycles. The van der Waals surface area contributed by atoms with Crippen molar-refractivity contribution in [1.29, 1.82) is 0 Å². The third kappa shape index (κ3) is 2.32. The molecule has 1 unspecified atom stereocenters. The van der Waals surface area contributed by atoms with E-state index in [2.05, 4.69) is 0 Å². The number of aryl methyl sites for hydroxylation is 2. The number of hydrogen-bond donors (Lipinski definition) is 0. The van der Waals surface area contributed by atoms with Gasteiger partial charge in [-0.2, -0.15) is 4.31 Å². The minimum absolute atomic E-state index is 0.255. The second-order valence-corrected chi connectivity index (χ2v) is 7.79. The van der Waals surface area contributed by atoms with Crippen LogP contribution in [0.4, 0.5) is 0 Å². The van der Waals surface area contributed by atoms with Gasteiger partial charge in [0, 0.05) is 12.6 Å². The molecule has 1 aliphatic heterocycles. The van der Waals surface area contributed by atoms with Crippen molar-refractivity contribution in [3.05, 3.63) is 29.3 Å². The fraction of sp³-hybridized carbons (Fsp3) is 0.600. The highest BCUT2D eigenvalue weighted by Gasteiger charge is 2.43. The lowest BCUT2D eigenvalue weighted by atomic mass is 10.1. The molecule has 2 aliphatic rings. The predicted octanol–water partition coefficient (Wildman–Crippen LogP) is 2.87. The Kier molecular flexibility index (Phi) is 3.18. The summed E-state index contributed by atoms with van der Waals surface area (Å²) < 4.78 is 27.4. The van der Waals surface area contributed by atoms with Crippen molar-refractivity contribution >= 4 is 10.0 Å². The van der Waals surface area contributed by atoms with Gasteiger partial charge in [-0.1, -0.05) is 17.7 Å². The van der Waals surface area contributed by atoms with Crippen LogP contribution in [-0.2, 0) is 10.0 Å². The molecule has 0 aromatic heterocycles. The predicted molar refractivity (Wildman–Crippen MR) is 75.6 cm³/mol. The summed E-state index contributed by atoms with van der Waals surface area (Å²) >= 11 is 0. The normalized spacial score (nSPS) is 24.8. The van der Waals surface area contributed by atoms with Crippen molar-refractivity contribution in [3.8, 4) is 0 Å². The zero-order valence-electron chi connectivity index (χ0n) is 11.6. The van der Waals surface area contributed by atoms with Gasteiger partial charge in [0.25, 0.3) is 0 Å². The molecule has 2 fully saturated rings. The number of hydrogen-bond acceptors (Lipinski definition) is 2. The van der Waals surface area contributed by atoms with Crippen molar-refractivity contribution < 1.29 is 8.42 Å². The summed E-state index contributed by atoms with van der Waals surface area (Å²) in [5, 5.41) is 0. The second kappa shape index (κ2) is 4.60. The van der Waals surface area contributed by atoms with Crippen LogP contribution < -0.4 is 0 Å². The van der Waals surface area contributed by atoms with Crippen LogP contribution in [0.3, 0.4) is 0 Å². The molecule has 1 saturated carbocycles. The lowest BCUT2D eigenvalue weighted by molar-refractivity contribution is 0.356. The average molecular weight is 279 g/mol. The van der Waals surface area contributed by atoms with Crippen molar-refractivity contribution in [2.24, 2.45) is 5.92 Å². The fourth-order valence-corrected chi connectivity index (χ4v) is 5.19. The maximum Gasteiger partial charge on any atom is 0.243 e. The Morgan fingerprint density at radius 1 is 1.16 bits per heavy atom. The van der Waals surface area contributed by atoms with Crippen LogP contribution >= 0.6 is 0 Å². The van der Waals surface area contributed by atoms with Gasteiger partial charge in [-0.05, 0) is 57.1 Å². The molecule has 104 valence electrons. The Labute approximate surface area is 115 Å². The minimum atomic E-state index is -3.31. The first-order chi connectivity index (χ1) is 9.00. The van der Waals surface area contributed by atoms with Crippen LogP contribution in [0.25, 0.3) is 0 Å². The molecular weight excluding hydrogens is 258 g/mol. The van der Waals surface area contributed by atoms with Crippen LogP contribution in [0.5, 0.6) is 0 Å². The number of benzene rings is 1. The lowest BCUT2D eigenvalue weighted by Crippen LogP contribution is -2.37. The first-order valence-electron chi connectivity index (χ1n) is 7.09. The summed E-state index contributed by atoms with van der Waals surface area (Å²) in [5.41, 5.74) is 1.97. The Morgan fingerprint density at radius 2 is 1.89 bits per heavy atom. The Bertz CT molecular complexity index is 590. The summed E-state index contributed by atoms with van der Waals surface area (Å²) in [6.45, 7) is 4.57. The molecule has 0 amide bonds. The molecule has 1 aromatic carbocycles. The Balaban J connectivity index is 1.97. The van der Waals surface area contributed by atoms with E-state index >= 15 is 0 Å². The Hall–Kier alpha value is -0.870. The maximum absolute atomic E-state index is 12.8. The number of rotatable bonds is 3. The molecule has 0 bridgehead atoms. The van der Waals surface area contributed by atoms with Crippen LogP contribution in [0.2, 0.25) is 0 Å². The molecule has 3 rings (SSSR count). The van der Waals surface area contributed by atoms with Crippen molar-refractivity contribution in [2.45, 2.75) is 50.5 Å². The van der Waals surface area contributed by atoms with E-state index in [1.807, 2.05) is 26.0 Å². The third-order valence-corrected chi connectivity index (χ3v) is 6.42. The summed E-state index contributed by atoms with van der Waals surface area (Å²) in [6, 6.07) is 5.87. The molecule has 0 N–H and O–H groups in total. The molecule has 4 heteroatoms. The van der Waals surface area contributed by atoms with E-state index in [0.29, 0.717) is 17.4 Å². The van der Waals surface area contributed by atoms with Gasteiger partial charge in [-0.25, -0.2) is 8.42 Å². The average Bonchev–Trinajstić information content (AvgIpc) is 3.05. The molecular formula is C15H21NO2S.